The molecular formula is C23H28Cl2N4O3. The maximum atomic E-state index is 9.61. The van der Waals surface area contributed by atoms with E-state index in [1.54, 1.807) is 7.11 Å². The molecule has 2 heterocycles. The summed E-state index contributed by atoms with van der Waals surface area (Å²) in [6, 6.07) is 11.3. The standard InChI is InChI=1S/C23H27ClN4O3.ClH/c1-30-21-13-20-18(12-22(21)31-17-5-8-25-9-6-17)23(27-14-26-20)28-19(7-10-29)15-3-2-4-16(24)11-15;/h2-4,11-14,17,19,25,29H,5-10H2,1H3,(H,26,27,28);1H. The monoisotopic (exact) mass is 478 g/mol. The zero-order valence-corrected chi connectivity index (χ0v) is 19.5. The van der Waals surface area contributed by atoms with Crippen molar-refractivity contribution in [3.8, 4) is 11.5 Å². The van der Waals surface area contributed by atoms with Gasteiger partial charge in [0.25, 0.3) is 0 Å². The quantitative estimate of drug-likeness (QED) is 0.442. The summed E-state index contributed by atoms with van der Waals surface area (Å²) in [5.41, 5.74) is 1.73. The van der Waals surface area contributed by atoms with Crippen LogP contribution in [0, 0.1) is 0 Å². The van der Waals surface area contributed by atoms with Crippen LogP contribution < -0.4 is 20.1 Å². The van der Waals surface area contributed by atoms with Crippen LogP contribution in [-0.2, 0) is 0 Å². The van der Waals surface area contributed by atoms with E-state index in [0.717, 1.165) is 42.4 Å². The summed E-state index contributed by atoms with van der Waals surface area (Å²) < 4.78 is 11.9. The first-order valence-corrected chi connectivity index (χ1v) is 10.9. The summed E-state index contributed by atoms with van der Waals surface area (Å²) in [5, 5.41) is 17.9. The second-order valence-corrected chi connectivity index (χ2v) is 8.01. The van der Waals surface area contributed by atoms with Gasteiger partial charge in [0.2, 0.25) is 0 Å². The number of piperidine rings is 1. The SMILES string of the molecule is COc1cc2ncnc(NC(CCO)c3cccc(Cl)c3)c2cc1OC1CCNCC1.Cl. The number of aliphatic hydroxyl groups excluding tert-OH is 1. The third kappa shape index (κ3) is 5.72. The van der Waals surface area contributed by atoms with Gasteiger partial charge in [0.05, 0.1) is 18.7 Å². The average Bonchev–Trinajstić information content (AvgIpc) is 2.79. The van der Waals surface area contributed by atoms with Crippen LogP contribution in [0.3, 0.4) is 0 Å². The molecule has 0 spiro atoms. The lowest BCUT2D eigenvalue weighted by Crippen LogP contribution is -2.34. The number of aromatic nitrogens is 2. The van der Waals surface area contributed by atoms with Gasteiger partial charge in [-0.3, -0.25) is 0 Å². The van der Waals surface area contributed by atoms with Gasteiger partial charge in [0.1, 0.15) is 18.2 Å². The van der Waals surface area contributed by atoms with Gasteiger partial charge >= 0.3 is 0 Å². The van der Waals surface area contributed by atoms with Crippen molar-refractivity contribution in [3.05, 3.63) is 53.3 Å². The molecule has 1 aromatic heterocycles. The molecule has 1 atom stereocenters. The molecule has 1 aliphatic heterocycles. The third-order valence-electron chi connectivity index (χ3n) is 5.48. The number of aliphatic hydroxyl groups is 1. The first-order chi connectivity index (χ1) is 15.2. The van der Waals surface area contributed by atoms with Crippen LogP contribution in [0.1, 0.15) is 30.9 Å². The molecule has 32 heavy (non-hydrogen) atoms. The topological polar surface area (TPSA) is 88.5 Å². The molecule has 0 bridgehead atoms. The highest BCUT2D eigenvalue weighted by Crippen LogP contribution is 2.36. The fraction of sp³-hybridized carbons (Fsp3) is 0.391. The smallest absolute Gasteiger partial charge is 0.162 e. The van der Waals surface area contributed by atoms with Crippen molar-refractivity contribution in [1.29, 1.82) is 0 Å². The molecule has 172 valence electrons. The number of ether oxygens (including phenoxy) is 2. The molecule has 3 N–H and O–H groups in total. The minimum absolute atomic E-state index is 0. The molecule has 1 fully saturated rings. The first kappa shape index (κ1) is 24.3. The number of hydrogen-bond acceptors (Lipinski definition) is 7. The van der Waals surface area contributed by atoms with Crippen LogP contribution >= 0.6 is 24.0 Å². The fourth-order valence-corrected chi connectivity index (χ4v) is 4.06. The van der Waals surface area contributed by atoms with E-state index >= 15 is 0 Å². The molecule has 0 saturated carbocycles. The van der Waals surface area contributed by atoms with Gasteiger partial charge in [-0.1, -0.05) is 23.7 Å². The Balaban J connectivity index is 0.00000289. The second kappa shape index (κ2) is 11.5. The number of benzene rings is 2. The highest BCUT2D eigenvalue weighted by atomic mass is 35.5. The van der Waals surface area contributed by atoms with Crippen molar-refractivity contribution >= 4 is 40.7 Å². The van der Waals surface area contributed by atoms with Gasteiger partial charge in [-0.2, -0.15) is 0 Å². The number of methoxy groups -OCH3 is 1. The van der Waals surface area contributed by atoms with Crippen LogP contribution in [0.2, 0.25) is 5.02 Å². The third-order valence-corrected chi connectivity index (χ3v) is 5.72. The van der Waals surface area contributed by atoms with E-state index in [2.05, 4.69) is 20.6 Å². The molecule has 2 aromatic carbocycles. The Morgan fingerprint density at radius 2 is 2.00 bits per heavy atom. The Bertz CT molecular complexity index is 1030. The minimum atomic E-state index is -0.155. The summed E-state index contributed by atoms with van der Waals surface area (Å²) in [5.74, 6) is 2.00. The van der Waals surface area contributed by atoms with E-state index in [1.165, 1.54) is 6.33 Å². The number of fused-ring (bicyclic) bond motifs is 1. The summed E-state index contributed by atoms with van der Waals surface area (Å²) in [7, 11) is 1.63. The van der Waals surface area contributed by atoms with Gasteiger partial charge < -0.3 is 25.2 Å². The van der Waals surface area contributed by atoms with E-state index in [-0.39, 0.29) is 31.2 Å². The van der Waals surface area contributed by atoms with Crippen molar-refractivity contribution < 1.29 is 14.6 Å². The molecule has 0 aliphatic carbocycles. The number of nitrogens with zero attached hydrogens (tertiary/aromatic N) is 2. The number of halogens is 2. The molecule has 9 heteroatoms. The predicted octanol–water partition coefficient (Wildman–Crippen LogP) is 4.38. The van der Waals surface area contributed by atoms with Crippen LogP contribution in [0.5, 0.6) is 11.5 Å². The lowest BCUT2D eigenvalue weighted by atomic mass is 10.0. The lowest BCUT2D eigenvalue weighted by molar-refractivity contribution is 0.157. The van der Waals surface area contributed by atoms with Crippen LogP contribution in [0.4, 0.5) is 5.82 Å². The van der Waals surface area contributed by atoms with Crippen molar-refractivity contribution in [2.24, 2.45) is 0 Å². The molecular weight excluding hydrogens is 451 g/mol. The van der Waals surface area contributed by atoms with Crippen molar-refractivity contribution in [3.63, 3.8) is 0 Å². The highest BCUT2D eigenvalue weighted by molar-refractivity contribution is 6.30. The normalized spacial score (nSPS) is 15.1. The predicted molar refractivity (Wildman–Crippen MR) is 129 cm³/mol. The number of nitrogens with one attached hydrogen (secondary N) is 2. The lowest BCUT2D eigenvalue weighted by Gasteiger charge is -2.25. The number of hydrogen-bond donors (Lipinski definition) is 3. The summed E-state index contributed by atoms with van der Waals surface area (Å²) >= 11 is 6.18. The Morgan fingerprint density at radius 1 is 1.19 bits per heavy atom. The minimum Gasteiger partial charge on any atom is -0.493 e. The van der Waals surface area contributed by atoms with E-state index in [9.17, 15) is 5.11 Å². The van der Waals surface area contributed by atoms with E-state index in [1.807, 2.05) is 36.4 Å². The van der Waals surface area contributed by atoms with Crippen molar-refractivity contribution in [2.75, 3.05) is 32.1 Å². The zero-order chi connectivity index (χ0) is 21.6. The fourth-order valence-electron chi connectivity index (χ4n) is 3.86. The van der Waals surface area contributed by atoms with Gasteiger partial charge in [0, 0.05) is 23.1 Å². The van der Waals surface area contributed by atoms with Gasteiger partial charge in [-0.25, -0.2) is 9.97 Å². The molecule has 1 aliphatic rings. The average molecular weight is 479 g/mol. The number of rotatable bonds is 8. The molecule has 4 rings (SSSR count). The Kier molecular flexibility index (Phi) is 8.75. The Hall–Kier alpha value is -2.32. The van der Waals surface area contributed by atoms with E-state index in [0.29, 0.717) is 28.8 Å². The molecule has 1 saturated heterocycles. The van der Waals surface area contributed by atoms with Gasteiger partial charge in [-0.05, 0) is 56.1 Å². The molecule has 3 aromatic rings. The number of anilines is 1. The van der Waals surface area contributed by atoms with Crippen LogP contribution in [0.15, 0.2) is 42.7 Å². The summed E-state index contributed by atoms with van der Waals surface area (Å²) in [6.45, 7) is 1.92. The van der Waals surface area contributed by atoms with Crippen LogP contribution in [-0.4, -0.2) is 48.0 Å². The summed E-state index contributed by atoms with van der Waals surface area (Å²) in [4.78, 5) is 8.89. The first-order valence-electron chi connectivity index (χ1n) is 10.5. The second-order valence-electron chi connectivity index (χ2n) is 7.57. The zero-order valence-electron chi connectivity index (χ0n) is 17.9. The molecule has 7 nitrogen and oxygen atoms in total. The van der Waals surface area contributed by atoms with Crippen molar-refractivity contribution in [2.45, 2.75) is 31.4 Å². The molecule has 0 radical (unpaired) electrons. The maximum absolute atomic E-state index is 9.61. The largest absolute Gasteiger partial charge is 0.493 e. The summed E-state index contributed by atoms with van der Waals surface area (Å²) in [6.07, 6.45) is 4.07. The van der Waals surface area contributed by atoms with Gasteiger partial charge in [-0.15, -0.1) is 12.4 Å². The van der Waals surface area contributed by atoms with Crippen molar-refractivity contribution in [1.82, 2.24) is 15.3 Å². The maximum Gasteiger partial charge on any atom is 0.162 e. The van der Waals surface area contributed by atoms with Gasteiger partial charge in [0.15, 0.2) is 11.5 Å². The molecule has 1 unspecified atom stereocenters. The van der Waals surface area contributed by atoms with E-state index in [4.69, 9.17) is 21.1 Å². The van der Waals surface area contributed by atoms with E-state index < -0.39 is 0 Å². The molecule has 0 amide bonds. The Labute approximate surface area is 198 Å². The Morgan fingerprint density at radius 3 is 2.72 bits per heavy atom. The van der Waals surface area contributed by atoms with Crippen LogP contribution in [0.25, 0.3) is 10.9 Å². The highest BCUT2D eigenvalue weighted by Gasteiger charge is 2.20.